The Balaban J connectivity index is 1.33. The molecule has 10 heteroatoms. The van der Waals surface area contributed by atoms with Crippen LogP contribution in [0.2, 0.25) is 10.0 Å². The number of carbonyl (C=O) groups is 2. The fourth-order valence-electron chi connectivity index (χ4n) is 5.33. The lowest BCUT2D eigenvalue weighted by molar-refractivity contribution is 0.0362. The summed E-state index contributed by atoms with van der Waals surface area (Å²) >= 11 is 12.7. The van der Waals surface area contributed by atoms with E-state index in [1.807, 2.05) is 6.07 Å². The van der Waals surface area contributed by atoms with E-state index in [1.165, 1.54) is 24.6 Å². The second-order valence-electron chi connectivity index (χ2n) is 10.3. The standard InChI is InChI=1S/C28H25Cl2FN4O3/c29-21-5-4-16(28(38)35-10-15(11-35)14-36)7-20(21)17-8-24(34-12-18-6-19(18)13-34)26(32-9-17)33-27(37)25-22(30)2-1-3-23(25)31/h1-5,7-9,15,18-19,36H,6,10-14H2,(H,32,33,37). The molecule has 6 rings (SSSR count). The number of halogens is 3. The van der Waals surface area contributed by atoms with Gasteiger partial charge in [0.2, 0.25) is 0 Å². The number of fused-ring (bicyclic) bond motifs is 1. The molecular weight excluding hydrogens is 530 g/mol. The summed E-state index contributed by atoms with van der Waals surface area (Å²) in [6, 6.07) is 11.1. The summed E-state index contributed by atoms with van der Waals surface area (Å²) in [6.45, 7) is 2.79. The molecule has 3 aliphatic rings. The van der Waals surface area contributed by atoms with Crippen molar-refractivity contribution in [3.63, 3.8) is 0 Å². The molecule has 3 fully saturated rings. The number of piperidine rings is 1. The lowest BCUT2D eigenvalue weighted by Crippen LogP contribution is -2.51. The molecule has 1 saturated carbocycles. The first kappa shape index (κ1) is 25.1. The number of likely N-dealkylation sites (tertiary alicyclic amines) is 1. The Morgan fingerprint density at radius 3 is 2.53 bits per heavy atom. The van der Waals surface area contributed by atoms with E-state index in [0.717, 1.165) is 13.1 Å². The number of pyridine rings is 1. The first-order valence-corrected chi connectivity index (χ1v) is 13.3. The van der Waals surface area contributed by atoms with Crippen LogP contribution in [0.15, 0.2) is 48.7 Å². The second kappa shape index (κ2) is 9.84. The van der Waals surface area contributed by atoms with Crippen LogP contribution < -0.4 is 10.2 Å². The molecule has 196 valence electrons. The molecule has 0 radical (unpaired) electrons. The number of benzene rings is 2. The molecule has 1 aromatic heterocycles. The van der Waals surface area contributed by atoms with E-state index in [2.05, 4.69) is 15.2 Å². The zero-order chi connectivity index (χ0) is 26.6. The average Bonchev–Trinajstić information content (AvgIpc) is 3.48. The van der Waals surface area contributed by atoms with Crippen molar-refractivity contribution in [3.8, 4) is 11.1 Å². The van der Waals surface area contributed by atoms with Crippen LogP contribution in [0.4, 0.5) is 15.9 Å². The molecule has 2 amide bonds. The fraction of sp³-hybridized carbons (Fsp3) is 0.321. The van der Waals surface area contributed by atoms with Gasteiger partial charge in [-0.1, -0.05) is 29.3 Å². The first-order chi connectivity index (χ1) is 18.3. The number of rotatable bonds is 6. The number of aromatic nitrogens is 1. The summed E-state index contributed by atoms with van der Waals surface area (Å²) in [5, 5.41) is 12.5. The van der Waals surface area contributed by atoms with Crippen LogP contribution in [0.5, 0.6) is 0 Å². The van der Waals surface area contributed by atoms with E-state index in [0.29, 0.717) is 58.1 Å². The Bertz CT molecular complexity index is 1420. The van der Waals surface area contributed by atoms with Crippen molar-refractivity contribution < 1.29 is 19.1 Å². The van der Waals surface area contributed by atoms with Gasteiger partial charge in [-0.25, -0.2) is 9.37 Å². The molecule has 2 aromatic carbocycles. The maximum absolute atomic E-state index is 14.4. The van der Waals surface area contributed by atoms with Gasteiger partial charge in [0.15, 0.2) is 5.82 Å². The molecule has 38 heavy (non-hydrogen) atoms. The minimum Gasteiger partial charge on any atom is -0.396 e. The van der Waals surface area contributed by atoms with Gasteiger partial charge in [0.1, 0.15) is 5.82 Å². The summed E-state index contributed by atoms with van der Waals surface area (Å²) in [7, 11) is 0. The zero-order valence-corrected chi connectivity index (χ0v) is 21.8. The Morgan fingerprint density at radius 2 is 1.82 bits per heavy atom. The van der Waals surface area contributed by atoms with Gasteiger partial charge in [-0.05, 0) is 54.7 Å². The van der Waals surface area contributed by atoms with Crippen molar-refractivity contribution in [2.24, 2.45) is 17.8 Å². The van der Waals surface area contributed by atoms with Crippen LogP contribution in [0.3, 0.4) is 0 Å². The highest BCUT2D eigenvalue weighted by Gasteiger charge is 2.45. The molecule has 0 bridgehead atoms. The Kier molecular flexibility index (Phi) is 6.50. The van der Waals surface area contributed by atoms with Crippen molar-refractivity contribution in [3.05, 3.63) is 75.7 Å². The van der Waals surface area contributed by atoms with Crippen molar-refractivity contribution in [1.82, 2.24) is 9.88 Å². The van der Waals surface area contributed by atoms with Crippen molar-refractivity contribution >= 4 is 46.5 Å². The van der Waals surface area contributed by atoms with Gasteiger partial charge in [-0.2, -0.15) is 0 Å². The van der Waals surface area contributed by atoms with E-state index in [1.54, 1.807) is 29.3 Å². The molecule has 3 aromatic rings. The lowest BCUT2D eigenvalue weighted by Gasteiger charge is -2.38. The third-order valence-electron chi connectivity index (χ3n) is 7.64. The number of carbonyl (C=O) groups excluding carboxylic acids is 2. The smallest absolute Gasteiger partial charge is 0.261 e. The number of hydrogen-bond donors (Lipinski definition) is 2. The van der Waals surface area contributed by atoms with Crippen LogP contribution >= 0.6 is 23.2 Å². The predicted molar refractivity (Wildman–Crippen MR) is 144 cm³/mol. The van der Waals surface area contributed by atoms with Crippen LogP contribution in [-0.4, -0.2) is 59.6 Å². The Morgan fingerprint density at radius 1 is 1.05 bits per heavy atom. The SMILES string of the molecule is O=C(Nc1ncc(-c2cc(C(=O)N3CC(CO)C3)ccc2Cl)cc1N1CC2CC2C1)c1c(F)cccc1Cl. The van der Waals surface area contributed by atoms with Crippen molar-refractivity contribution in [1.29, 1.82) is 0 Å². The monoisotopic (exact) mass is 554 g/mol. The highest BCUT2D eigenvalue weighted by Crippen LogP contribution is 2.48. The summed E-state index contributed by atoms with van der Waals surface area (Å²) < 4.78 is 14.4. The van der Waals surface area contributed by atoms with Gasteiger partial charge in [0.05, 0.1) is 16.3 Å². The quantitative estimate of drug-likeness (QED) is 0.449. The highest BCUT2D eigenvalue weighted by atomic mass is 35.5. The highest BCUT2D eigenvalue weighted by molar-refractivity contribution is 6.34. The number of nitrogens with one attached hydrogen (secondary N) is 1. The molecule has 2 unspecified atom stereocenters. The molecule has 2 aliphatic heterocycles. The number of aliphatic hydroxyl groups is 1. The van der Waals surface area contributed by atoms with Gasteiger partial charge in [0, 0.05) is 66.6 Å². The maximum atomic E-state index is 14.4. The van der Waals surface area contributed by atoms with Crippen LogP contribution in [0.1, 0.15) is 27.1 Å². The average molecular weight is 555 g/mol. The molecule has 2 N–H and O–H groups in total. The number of aliphatic hydroxyl groups excluding tert-OH is 1. The topological polar surface area (TPSA) is 85.8 Å². The van der Waals surface area contributed by atoms with Gasteiger partial charge >= 0.3 is 0 Å². The number of hydrogen-bond acceptors (Lipinski definition) is 5. The van der Waals surface area contributed by atoms with E-state index < -0.39 is 11.7 Å². The van der Waals surface area contributed by atoms with E-state index in [4.69, 9.17) is 23.2 Å². The fourth-order valence-corrected chi connectivity index (χ4v) is 5.81. The predicted octanol–water partition coefficient (Wildman–Crippen LogP) is 4.97. The number of anilines is 2. The lowest BCUT2D eigenvalue weighted by atomic mass is 9.98. The van der Waals surface area contributed by atoms with Crippen LogP contribution in [0.25, 0.3) is 11.1 Å². The van der Waals surface area contributed by atoms with Gasteiger partial charge in [-0.3, -0.25) is 9.59 Å². The third kappa shape index (κ3) is 4.61. The largest absolute Gasteiger partial charge is 0.396 e. The zero-order valence-electron chi connectivity index (χ0n) is 20.3. The van der Waals surface area contributed by atoms with Crippen molar-refractivity contribution in [2.45, 2.75) is 6.42 Å². The minimum absolute atomic E-state index is 0.0175. The molecule has 0 spiro atoms. The summed E-state index contributed by atoms with van der Waals surface area (Å²) in [6.07, 6.45) is 2.78. The van der Waals surface area contributed by atoms with E-state index in [-0.39, 0.29) is 29.0 Å². The normalized spacial score (nSPS) is 20.2. The van der Waals surface area contributed by atoms with E-state index in [9.17, 15) is 19.1 Å². The summed E-state index contributed by atoms with van der Waals surface area (Å²) in [5.41, 5.74) is 2.30. The Hall–Kier alpha value is -3.20. The van der Waals surface area contributed by atoms with Gasteiger partial charge in [-0.15, -0.1) is 0 Å². The van der Waals surface area contributed by atoms with Gasteiger partial charge in [0.25, 0.3) is 11.8 Å². The Labute approximate surface area is 229 Å². The van der Waals surface area contributed by atoms with E-state index >= 15 is 0 Å². The molecule has 1 aliphatic carbocycles. The van der Waals surface area contributed by atoms with Gasteiger partial charge < -0.3 is 20.2 Å². The van der Waals surface area contributed by atoms with Crippen LogP contribution in [0, 0.1) is 23.6 Å². The molecule has 2 atom stereocenters. The molecule has 2 saturated heterocycles. The minimum atomic E-state index is -0.712. The maximum Gasteiger partial charge on any atom is 0.261 e. The molecular formula is C28H25Cl2FN4O3. The second-order valence-corrected chi connectivity index (χ2v) is 11.1. The molecule has 7 nitrogen and oxygen atoms in total. The summed E-state index contributed by atoms with van der Waals surface area (Å²) in [4.78, 5) is 34.4. The number of nitrogens with zero attached hydrogens (tertiary/aromatic N) is 3. The van der Waals surface area contributed by atoms with Crippen LogP contribution in [-0.2, 0) is 0 Å². The van der Waals surface area contributed by atoms with Crippen molar-refractivity contribution in [2.75, 3.05) is 43.0 Å². The number of amides is 2. The first-order valence-electron chi connectivity index (χ1n) is 12.5. The summed E-state index contributed by atoms with van der Waals surface area (Å²) in [5.74, 6) is 0.145. The third-order valence-corrected chi connectivity index (χ3v) is 8.28. The molecule has 3 heterocycles.